The van der Waals surface area contributed by atoms with Gasteiger partial charge in [0.1, 0.15) is 0 Å². The molecule has 1 heterocycles. The Bertz CT molecular complexity index is 468. The molecule has 1 aliphatic rings. The van der Waals surface area contributed by atoms with Crippen molar-refractivity contribution in [3.8, 4) is 0 Å². The zero-order valence-corrected chi connectivity index (χ0v) is 9.77. The summed E-state index contributed by atoms with van der Waals surface area (Å²) in [5.74, 6) is -1.02. The van der Waals surface area contributed by atoms with Gasteiger partial charge < -0.3 is 10.0 Å². The van der Waals surface area contributed by atoms with Crippen LogP contribution in [0.2, 0.25) is 0 Å². The molecule has 0 atom stereocenters. The van der Waals surface area contributed by atoms with Gasteiger partial charge in [0.05, 0.1) is 6.42 Å². The van der Waals surface area contributed by atoms with Crippen molar-refractivity contribution in [2.45, 2.75) is 19.3 Å². The molecule has 90 valence electrons. The van der Waals surface area contributed by atoms with E-state index in [4.69, 9.17) is 5.11 Å². The van der Waals surface area contributed by atoms with E-state index in [0.717, 1.165) is 13.0 Å². The molecule has 0 unspecified atom stereocenters. The van der Waals surface area contributed by atoms with Crippen LogP contribution < -0.4 is 4.90 Å². The van der Waals surface area contributed by atoms with Crippen LogP contribution in [0.15, 0.2) is 18.2 Å². The molecular weight excluding hydrogens is 218 g/mol. The fourth-order valence-corrected chi connectivity index (χ4v) is 2.10. The van der Waals surface area contributed by atoms with Gasteiger partial charge in [-0.25, -0.2) is 0 Å². The number of aliphatic carboxylic acids is 1. The molecule has 0 fully saturated rings. The smallest absolute Gasteiger partial charge is 0.303 e. The zero-order valence-electron chi connectivity index (χ0n) is 9.77. The summed E-state index contributed by atoms with van der Waals surface area (Å²) in [6.45, 7) is 0.974. The van der Waals surface area contributed by atoms with Gasteiger partial charge in [-0.3, -0.25) is 9.59 Å². The van der Waals surface area contributed by atoms with Crippen molar-refractivity contribution < 1.29 is 14.7 Å². The van der Waals surface area contributed by atoms with Gasteiger partial charge in [-0.15, -0.1) is 0 Å². The standard InChI is InChI=1S/C13H15NO3/c1-14-7-6-9-8-10(2-3-11(9)14)12(15)4-5-13(16)17/h2-3,8H,4-7H2,1H3,(H,16,17). The Morgan fingerprint density at radius 1 is 1.35 bits per heavy atom. The topological polar surface area (TPSA) is 57.6 Å². The number of carboxylic acids is 1. The first kappa shape index (κ1) is 11.6. The number of carboxylic acid groups (broad SMARTS) is 1. The van der Waals surface area contributed by atoms with Crippen LogP contribution in [0.3, 0.4) is 0 Å². The van der Waals surface area contributed by atoms with Crippen molar-refractivity contribution in [3.63, 3.8) is 0 Å². The number of benzene rings is 1. The maximum atomic E-state index is 11.8. The van der Waals surface area contributed by atoms with E-state index in [1.807, 2.05) is 19.2 Å². The second-order valence-electron chi connectivity index (χ2n) is 4.33. The second-order valence-corrected chi connectivity index (χ2v) is 4.33. The Balaban J connectivity index is 2.12. The van der Waals surface area contributed by atoms with E-state index in [9.17, 15) is 9.59 Å². The zero-order chi connectivity index (χ0) is 12.4. The van der Waals surface area contributed by atoms with E-state index in [2.05, 4.69) is 4.90 Å². The molecule has 0 aromatic heterocycles. The largest absolute Gasteiger partial charge is 0.481 e. The first-order valence-electron chi connectivity index (χ1n) is 5.67. The van der Waals surface area contributed by atoms with Gasteiger partial charge in [0.15, 0.2) is 5.78 Å². The highest BCUT2D eigenvalue weighted by Crippen LogP contribution is 2.27. The molecule has 4 heteroatoms. The molecule has 0 aliphatic carbocycles. The van der Waals surface area contributed by atoms with E-state index in [0.29, 0.717) is 5.56 Å². The molecule has 1 aromatic rings. The Morgan fingerprint density at radius 3 is 2.82 bits per heavy atom. The van der Waals surface area contributed by atoms with Crippen molar-refractivity contribution in [2.75, 3.05) is 18.5 Å². The molecular formula is C13H15NO3. The number of hydrogen-bond acceptors (Lipinski definition) is 3. The van der Waals surface area contributed by atoms with Gasteiger partial charge in [0, 0.05) is 31.3 Å². The summed E-state index contributed by atoms with van der Waals surface area (Å²) in [7, 11) is 2.03. The molecule has 0 radical (unpaired) electrons. The van der Waals surface area contributed by atoms with Crippen LogP contribution in [-0.2, 0) is 11.2 Å². The molecule has 4 nitrogen and oxygen atoms in total. The highest BCUT2D eigenvalue weighted by molar-refractivity contribution is 5.98. The number of likely N-dealkylation sites (N-methyl/N-ethyl adjacent to an activating group) is 1. The van der Waals surface area contributed by atoms with Crippen LogP contribution in [0.1, 0.15) is 28.8 Å². The van der Waals surface area contributed by atoms with Crippen LogP contribution in [0.25, 0.3) is 0 Å². The summed E-state index contributed by atoms with van der Waals surface area (Å²) in [5.41, 5.74) is 2.97. The molecule has 1 N–H and O–H groups in total. The monoisotopic (exact) mass is 233 g/mol. The van der Waals surface area contributed by atoms with E-state index < -0.39 is 5.97 Å². The van der Waals surface area contributed by atoms with Gasteiger partial charge in [-0.2, -0.15) is 0 Å². The maximum Gasteiger partial charge on any atom is 0.303 e. The predicted octanol–water partition coefficient (Wildman–Crippen LogP) is 1.73. The van der Waals surface area contributed by atoms with Gasteiger partial charge >= 0.3 is 5.97 Å². The van der Waals surface area contributed by atoms with Crippen LogP contribution in [-0.4, -0.2) is 30.5 Å². The molecule has 1 aromatic carbocycles. The highest BCUT2D eigenvalue weighted by Gasteiger charge is 2.17. The number of Topliss-reactive ketones (excluding diaryl/α,β-unsaturated/α-hetero) is 1. The SMILES string of the molecule is CN1CCc2cc(C(=O)CCC(=O)O)ccc21. The summed E-state index contributed by atoms with van der Waals surface area (Å²) < 4.78 is 0. The van der Waals surface area contributed by atoms with Gasteiger partial charge in [-0.05, 0) is 30.2 Å². The lowest BCUT2D eigenvalue weighted by atomic mass is 10.0. The van der Waals surface area contributed by atoms with Crippen molar-refractivity contribution >= 4 is 17.4 Å². The third-order valence-corrected chi connectivity index (χ3v) is 3.10. The normalized spacial score (nSPS) is 13.6. The molecule has 0 bridgehead atoms. The number of hydrogen-bond donors (Lipinski definition) is 1. The molecule has 0 spiro atoms. The first-order chi connectivity index (χ1) is 8.08. The Morgan fingerprint density at radius 2 is 2.12 bits per heavy atom. The quantitative estimate of drug-likeness (QED) is 0.804. The lowest BCUT2D eigenvalue weighted by Gasteiger charge is -2.11. The van der Waals surface area contributed by atoms with Gasteiger partial charge in [0.25, 0.3) is 0 Å². The molecule has 0 amide bonds. The van der Waals surface area contributed by atoms with Crippen LogP contribution in [0, 0.1) is 0 Å². The number of carbonyl (C=O) groups is 2. The maximum absolute atomic E-state index is 11.8. The Labute approximate surface area is 99.9 Å². The number of carbonyl (C=O) groups excluding carboxylic acids is 1. The van der Waals surface area contributed by atoms with Crippen molar-refractivity contribution in [1.82, 2.24) is 0 Å². The first-order valence-corrected chi connectivity index (χ1v) is 5.67. The van der Waals surface area contributed by atoms with E-state index in [-0.39, 0.29) is 18.6 Å². The number of nitrogens with zero attached hydrogens (tertiary/aromatic N) is 1. The number of anilines is 1. The van der Waals surface area contributed by atoms with Crippen molar-refractivity contribution in [2.24, 2.45) is 0 Å². The van der Waals surface area contributed by atoms with E-state index in [1.54, 1.807) is 6.07 Å². The number of rotatable bonds is 4. The predicted molar refractivity (Wildman–Crippen MR) is 64.6 cm³/mol. The minimum absolute atomic E-state index is 0.0734. The highest BCUT2D eigenvalue weighted by atomic mass is 16.4. The van der Waals surface area contributed by atoms with Crippen molar-refractivity contribution in [1.29, 1.82) is 0 Å². The molecule has 0 saturated carbocycles. The second kappa shape index (κ2) is 4.57. The average Bonchev–Trinajstić information content (AvgIpc) is 2.67. The summed E-state index contributed by atoms with van der Waals surface area (Å²) >= 11 is 0. The summed E-state index contributed by atoms with van der Waals surface area (Å²) in [5, 5.41) is 8.54. The van der Waals surface area contributed by atoms with Gasteiger partial charge in [0.2, 0.25) is 0 Å². The fraction of sp³-hybridized carbons (Fsp3) is 0.385. The molecule has 0 saturated heterocycles. The fourth-order valence-electron chi connectivity index (χ4n) is 2.10. The molecule has 2 rings (SSSR count). The molecule has 17 heavy (non-hydrogen) atoms. The van der Waals surface area contributed by atoms with Crippen LogP contribution in [0.5, 0.6) is 0 Å². The summed E-state index contributed by atoms with van der Waals surface area (Å²) in [6.07, 6.45) is 0.922. The minimum Gasteiger partial charge on any atom is -0.481 e. The van der Waals surface area contributed by atoms with E-state index in [1.165, 1.54) is 11.3 Å². The van der Waals surface area contributed by atoms with Crippen molar-refractivity contribution in [3.05, 3.63) is 29.3 Å². The van der Waals surface area contributed by atoms with E-state index >= 15 is 0 Å². The molecule has 1 aliphatic heterocycles. The Hall–Kier alpha value is -1.84. The lowest BCUT2D eigenvalue weighted by Crippen LogP contribution is -2.12. The van der Waals surface area contributed by atoms with Gasteiger partial charge in [-0.1, -0.05) is 0 Å². The van der Waals surface area contributed by atoms with Crippen LogP contribution in [0.4, 0.5) is 5.69 Å². The summed E-state index contributed by atoms with van der Waals surface area (Å²) in [4.78, 5) is 24.3. The average molecular weight is 233 g/mol. The lowest BCUT2D eigenvalue weighted by molar-refractivity contribution is -0.136. The Kier molecular flexibility index (Phi) is 3.13. The minimum atomic E-state index is -0.931. The van der Waals surface area contributed by atoms with Crippen LogP contribution >= 0.6 is 0 Å². The third kappa shape index (κ3) is 2.46. The third-order valence-electron chi connectivity index (χ3n) is 3.10. The summed E-state index contributed by atoms with van der Waals surface area (Å²) in [6, 6.07) is 5.62. The number of fused-ring (bicyclic) bond motifs is 1. The number of ketones is 1.